The minimum atomic E-state index is -0.317. The molecule has 2 fully saturated rings. The maximum absolute atomic E-state index is 13.0. The smallest absolute Gasteiger partial charge is 0.227 e. The van der Waals surface area contributed by atoms with Crippen LogP contribution in [0.1, 0.15) is 43.4 Å². The van der Waals surface area contributed by atoms with Gasteiger partial charge >= 0.3 is 0 Å². The third-order valence-corrected chi connectivity index (χ3v) is 6.71. The number of ether oxygens (including phenoxy) is 1. The van der Waals surface area contributed by atoms with Crippen LogP contribution in [0.4, 0.5) is 5.69 Å². The van der Waals surface area contributed by atoms with Crippen molar-refractivity contribution in [3.63, 3.8) is 0 Å². The molecule has 0 saturated carbocycles. The minimum absolute atomic E-state index is 0.0253. The number of aryl methyl sites for hydroxylation is 1. The highest BCUT2D eigenvalue weighted by atomic mass is 16.5. The summed E-state index contributed by atoms with van der Waals surface area (Å²) >= 11 is 0. The number of hydrogen-bond donors (Lipinski definition) is 1. The molecule has 2 amide bonds. The van der Waals surface area contributed by atoms with Crippen LogP contribution >= 0.6 is 0 Å². The molecule has 6 heteroatoms. The Morgan fingerprint density at radius 3 is 2.53 bits per heavy atom. The number of likely N-dealkylation sites (tertiary alicyclic amines) is 1. The number of hydrogen-bond acceptors (Lipinski definition) is 4. The van der Waals surface area contributed by atoms with Gasteiger partial charge in [-0.05, 0) is 61.7 Å². The first-order valence-corrected chi connectivity index (χ1v) is 11.6. The Morgan fingerprint density at radius 1 is 1.12 bits per heavy atom. The number of benzene rings is 2. The van der Waals surface area contributed by atoms with Gasteiger partial charge in [-0.3, -0.25) is 14.5 Å². The summed E-state index contributed by atoms with van der Waals surface area (Å²) in [7, 11) is 1.66. The molecule has 2 atom stereocenters. The van der Waals surface area contributed by atoms with E-state index in [0.717, 1.165) is 36.5 Å². The minimum Gasteiger partial charge on any atom is -0.497 e. The van der Waals surface area contributed by atoms with E-state index in [2.05, 4.69) is 29.3 Å². The molecule has 2 saturated heterocycles. The normalized spacial score (nSPS) is 19.9. The van der Waals surface area contributed by atoms with Gasteiger partial charge in [0.25, 0.3) is 0 Å². The first-order valence-electron chi connectivity index (χ1n) is 11.6. The molecule has 2 unspecified atom stereocenters. The molecule has 0 spiro atoms. The van der Waals surface area contributed by atoms with Crippen LogP contribution in [0.2, 0.25) is 0 Å². The van der Waals surface area contributed by atoms with Crippen LogP contribution in [-0.2, 0) is 16.0 Å². The number of nitrogens with zero attached hydrogens (tertiary/aromatic N) is 2. The van der Waals surface area contributed by atoms with Crippen LogP contribution < -0.4 is 15.0 Å². The summed E-state index contributed by atoms with van der Waals surface area (Å²) in [6.07, 6.45) is 3.49. The molecule has 170 valence electrons. The van der Waals surface area contributed by atoms with Gasteiger partial charge in [0.2, 0.25) is 11.8 Å². The molecule has 6 nitrogen and oxygen atoms in total. The van der Waals surface area contributed by atoms with Crippen LogP contribution in [0.3, 0.4) is 0 Å². The van der Waals surface area contributed by atoms with Gasteiger partial charge < -0.3 is 15.0 Å². The monoisotopic (exact) mass is 435 g/mol. The second-order valence-corrected chi connectivity index (χ2v) is 8.66. The zero-order valence-corrected chi connectivity index (χ0v) is 19.0. The van der Waals surface area contributed by atoms with E-state index in [1.54, 1.807) is 12.0 Å². The molecular weight excluding hydrogens is 402 g/mol. The van der Waals surface area contributed by atoms with Gasteiger partial charge in [-0.2, -0.15) is 0 Å². The Kier molecular flexibility index (Phi) is 7.10. The summed E-state index contributed by atoms with van der Waals surface area (Å²) in [6, 6.07) is 16.2. The van der Waals surface area contributed by atoms with Crippen molar-refractivity contribution in [2.75, 3.05) is 38.2 Å². The molecule has 4 rings (SSSR count). The highest BCUT2D eigenvalue weighted by Gasteiger charge is 2.36. The second kappa shape index (κ2) is 10.2. The number of carbonyl (C=O) groups is 2. The summed E-state index contributed by atoms with van der Waals surface area (Å²) in [4.78, 5) is 30.0. The highest BCUT2D eigenvalue weighted by Crippen LogP contribution is 2.30. The molecule has 2 aliphatic heterocycles. The first kappa shape index (κ1) is 22.3. The lowest BCUT2D eigenvalue weighted by atomic mass is 10.0. The summed E-state index contributed by atoms with van der Waals surface area (Å²) < 4.78 is 5.29. The Morgan fingerprint density at radius 2 is 1.84 bits per heavy atom. The molecule has 2 aromatic rings. The SMILES string of the molecule is CCc1ccccc1N1CC(C(=O)NCC(c2ccc(OC)cc2)N2CCCC2)CC1=O. The second-order valence-electron chi connectivity index (χ2n) is 8.66. The third kappa shape index (κ3) is 4.80. The summed E-state index contributed by atoms with van der Waals surface area (Å²) in [5.41, 5.74) is 3.24. The fraction of sp³-hybridized carbons (Fsp3) is 0.462. The standard InChI is InChI=1S/C26H33N3O3/c1-3-19-8-4-5-9-23(19)29-18-21(16-25(29)30)26(31)27-17-24(28-14-6-7-15-28)20-10-12-22(32-2)13-11-20/h4-5,8-13,21,24H,3,6-7,14-18H2,1-2H3,(H,27,31). The summed E-state index contributed by atoms with van der Waals surface area (Å²) in [5, 5.41) is 3.16. The van der Waals surface area contributed by atoms with E-state index in [9.17, 15) is 9.59 Å². The Labute approximate surface area is 190 Å². The van der Waals surface area contributed by atoms with E-state index < -0.39 is 0 Å². The van der Waals surface area contributed by atoms with Gasteiger partial charge in [0.1, 0.15) is 5.75 Å². The lowest BCUT2D eigenvalue weighted by Gasteiger charge is -2.29. The van der Waals surface area contributed by atoms with Gasteiger partial charge in [0.15, 0.2) is 0 Å². The van der Waals surface area contributed by atoms with E-state index >= 15 is 0 Å². The van der Waals surface area contributed by atoms with Gasteiger partial charge in [-0.15, -0.1) is 0 Å². The van der Waals surface area contributed by atoms with Crippen molar-refractivity contribution < 1.29 is 14.3 Å². The third-order valence-electron chi connectivity index (χ3n) is 6.71. The van der Waals surface area contributed by atoms with E-state index in [1.807, 2.05) is 36.4 Å². The van der Waals surface area contributed by atoms with Crippen LogP contribution in [0, 0.1) is 5.92 Å². The predicted octanol–water partition coefficient (Wildman–Crippen LogP) is 3.56. The maximum Gasteiger partial charge on any atom is 0.227 e. The number of amides is 2. The molecule has 0 radical (unpaired) electrons. The topological polar surface area (TPSA) is 61.9 Å². The van der Waals surface area contributed by atoms with E-state index in [4.69, 9.17) is 4.74 Å². The largest absolute Gasteiger partial charge is 0.497 e. The zero-order valence-electron chi connectivity index (χ0n) is 19.0. The van der Waals surface area contributed by atoms with Crippen molar-refractivity contribution in [2.24, 2.45) is 5.92 Å². The number of methoxy groups -OCH3 is 1. The van der Waals surface area contributed by atoms with Crippen molar-refractivity contribution in [1.82, 2.24) is 10.2 Å². The van der Waals surface area contributed by atoms with Gasteiger partial charge in [0, 0.05) is 25.2 Å². The molecule has 0 aromatic heterocycles. The zero-order chi connectivity index (χ0) is 22.5. The number of carbonyl (C=O) groups excluding carboxylic acids is 2. The van der Waals surface area contributed by atoms with Crippen molar-refractivity contribution in [2.45, 2.75) is 38.6 Å². The Balaban J connectivity index is 1.42. The molecule has 2 aromatic carbocycles. The molecule has 0 aliphatic carbocycles. The molecular formula is C26H33N3O3. The van der Waals surface area contributed by atoms with Crippen LogP contribution in [-0.4, -0.2) is 50.0 Å². The van der Waals surface area contributed by atoms with E-state index in [1.165, 1.54) is 18.4 Å². The number of anilines is 1. The number of para-hydroxylation sites is 1. The molecule has 1 N–H and O–H groups in total. The Bertz CT molecular complexity index is 938. The van der Waals surface area contributed by atoms with Gasteiger partial charge in [-0.1, -0.05) is 37.3 Å². The molecule has 32 heavy (non-hydrogen) atoms. The quantitative estimate of drug-likeness (QED) is 0.689. The predicted molar refractivity (Wildman–Crippen MR) is 126 cm³/mol. The van der Waals surface area contributed by atoms with Crippen molar-refractivity contribution >= 4 is 17.5 Å². The molecule has 2 aliphatic rings. The van der Waals surface area contributed by atoms with Crippen LogP contribution in [0.25, 0.3) is 0 Å². The van der Waals surface area contributed by atoms with Crippen LogP contribution in [0.15, 0.2) is 48.5 Å². The summed E-state index contributed by atoms with van der Waals surface area (Å²) in [6.45, 7) is 5.15. The van der Waals surface area contributed by atoms with Crippen LogP contribution in [0.5, 0.6) is 5.75 Å². The highest BCUT2D eigenvalue weighted by molar-refractivity contribution is 6.00. The molecule has 0 bridgehead atoms. The fourth-order valence-corrected chi connectivity index (χ4v) is 4.87. The lowest BCUT2D eigenvalue weighted by molar-refractivity contribution is -0.126. The number of rotatable bonds is 8. The van der Waals surface area contributed by atoms with E-state index in [-0.39, 0.29) is 30.2 Å². The fourth-order valence-electron chi connectivity index (χ4n) is 4.87. The van der Waals surface area contributed by atoms with Gasteiger partial charge in [0.05, 0.1) is 19.1 Å². The van der Waals surface area contributed by atoms with Crippen molar-refractivity contribution in [3.8, 4) is 5.75 Å². The summed E-state index contributed by atoms with van der Waals surface area (Å²) in [5.74, 6) is 0.502. The first-order chi connectivity index (χ1) is 15.6. The van der Waals surface area contributed by atoms with Gasteiger partial charge in [-0.25, -0.2) is 0 Å². The average molecular weight is 436 g/mol. The maximum atomic E-state index is 13.0. The van der Waals surface area contributed by atoms with Crippen molar-refractivity contribution in [3.05, 3.63) is 59.7 Å². The van der Waals surface area contributed by atoms with E-state index in [0.29, 0.717) is 13.1 Å². The van der Waals surface area contributed by atoms with Crippen molar-refractivity contribution in [1.29, 1.82) is 0 Å². The molecule has 2 heterocycles. The lowest BCUT2D eigenvalue weighted by Crippen LogP contribution is -2.40. The average Bonchev–Trinajstić information content (AvgIpc) is 3.49. The number of nitrogens with one attached hydrogen (secondary N) is 1. The Hall–Kier alpha value is -2.86.